The molecule has 0 atom stereocenters. The summed E-state index contributed by atoms with van der Waals surface area (Å²) in [6.07, 6.45) is 0. The van der Waals surface area contributed by atoms with Crippen molar-refractivity contribution in [2.45, 2.75) is 26.2 Å². The molecule has 0 saturated carbocycles. The molecule has 19 heavy (non-hydrogen) atoms. The fraction of sp³-hybridized carbons (Fsp3) is 0.308. The smallest absolute Gasteiger partial charge is 0.286 e. The first-order valence-electron chi connectivity index (χ1n) is 5.77. The number of rotatable bonds is 2. The van der Waals surface area contributed by atoms with Crippen LogP contribution in [0.5, 0.6) is 0 Å². The number of benzene rings is 1. The minimum atomic E-state index is -0.298. The second kappa shape index (κ2) is 5.27. The quantitative estimate of drug-likeness (QED) is 0.918. The van der Waals surface area contributed by atoms with E-state index in [4.69, 9.17) is 11.6 Å². The molecule has 0 aliphatic carbocycles. The van der Waals surface area contributed by atoms with Crippen LogP contribution in [-0.2, 0) is 5.41 Å². The molecule has 1 aromatic carbocycles. The van der Waals surface area contributed by atoms with E-state index >= 15 is 0 Å². The molecule has 0 radical (unpaired) electrons. The lowest BCUT2D eigenvalue weighted by Crippen LogP contribution is -2.13. The summed E-state index contributed by atoms with van der Waals surface area (Å²) in [6.45, 7) is 6.43. The highest BCUT2D eigenvalue weighted by atomic mass is 35.5. The van der Waals surface area contributed by atoms with Crippen molar-refractivity contribution in [1.29, 1.82) is 0 Å². The van der Waals surface area contributed by atoms with E-state index in [9.17, 15) is 4.79 Å². The molecule has 0 aliphatic heterocycles. The molecule has 0 saturated heterocycles. The maximum Gasteiger partial charge on any atom is 0.286 e. The van der Waals surface area contributed by atoms with Gasteiger partial charge in [-0.25, -0.2) is 0 Å². The Morgan fingerprint density at radius 3 is 2.32 bits per heavy atom. The predicted molar refractivity (Wildman–Crippen MR) is 78.0 cm³/mol. The van der Waals surface area contributed by atoms with Gasteiger partial charge in [0.1, 0.15) is 0 Å². The lowest BCUT2D eigenvalue weighted by molar-refractivity contribution is 0.102. The normalized spacial score (nSPS) is 11.4. The maximum absolute atomic E-state index is 11.8. The monoisotopic (exact) mass is 295 g/mol. The molecular weight excluding hydrogens is 282 g/mol. The van der Waals surface area contributed by atoms with E-state index < -0.39 is 0 Å². The third kappa shape index (κ3) is 3.52. The number of carbonyl (C=O) groups is 1. The largest absolute Gasteiger partial charge is 0.320 e. The van der Waals surface area contributed by atoms with Gasteiger partial charge in [-0.15, -0.1) is 10.2 Å². The number of nitrogens with one attached hydrogen (secondary N) is 1. The lowest BCUT2D eigenvalue weighted by atomic mass is 9.87. The summed E-state index contributed by atoms with van der Waals surface area (Å²) >= 11 is 6.70. The van der Waals surface area contributed by atoms with Crippen LogP contribution >= 0.6 is 22.9 Å². The standard InChI is InChI=1S/C13H14ClN3OS/c1-13(2,3)8-4-6-9(7-5-8)15-10(18)11-16-17-12(14)19-11/h4-7H,1-3H3,(H,15,18). The van der Waals surface area contributed by atoms with Gasteiger partial charge in [0.2, 0.25) is 9.47 Å². The number of halogens is 1. The van der Waals surface area contributed by atoms with Gasteiger partial charge in [0.25, 0.3) is 5.91 Å². The van der Waals surface area contributed by atoms with Crippen molar-refractivity contribution in [2.24, 2.45) is 0 Å². The van der Waals surface area contributed by atoms with Crippen LogP contribution < -0.4 is 5.32 Å². The van der Waals surface area contributed by atoms with E-state index in [1.165, 1.54) is 5.56 Å². The van der Waals surface area contributed by atoms with Crippen LogP contribution in [0, 0.1) is 0 Å². The molecule has 4 nitrogen and oxygen atoms in total. The Bertz CT molecular complexity index is 587. The van der Waals surface area contributed by atoms with E-state index in [-0.39, 0.29) is 20.8 Å². The Morgan fingerprint density at radius 2 is 1.84 bits per heavy atom. The molecular formula is C13H14ClN3OS. The third-order valence-electron chi connectivity index (χ3n) is 2.60. The molecule has 1 amide bonds. The number of hydrogen-bond acceptors (Lipinski definition) is 4. The van der Waals surface area contributed by atoms with Crippen LogP contribution in [0.3, 0.4) is 0 Å². The Morgan fingerprint density at radius 1 is 1.21 bits per heavy atom. The van der Waals surface area contributed by atoms with Gasteiger partial charge in [0, 0.05) is 5.69 Å². The number of anilines is 1. The topological polar surface area (TPSA) is 54.9 Å². The number of nitrogens with zero attached hydrogens (tertiary/aromatic N) is 2. The molecule has 6 heteroatoms. The number of hydrogen-bond donors (Lipinski definition) is 1. The van der Waals surface area contributed by atoms with Gasteiger partial charge in [-0.1, -0.05) is 44.2 Å². The van der Waals surface area contributed by atoms with Crippen molar-refractivity contribution in [3.63, 3.8) is 0 Å². The molecule has 0 bridgehead atoms. The fourth-order valence-corrected chi connectivity index (χ4v) is 2.26. The summed E-state index contributed by atoms with van der Waals surface area (Å²) in [6, 6.07) is 7.76. The van der Waals surface area contributed by atoms with Crippen LogP contribution in [0.25, 0.3) is 0 Å². The minimum absolute atomic E-state index is 0.0926. The molecule has 2 rings (SSSR count). The Kier molecular flexibility index (Phi) is 3.87. The predicted octanol–water partition coefficient (Wildman–Crippen LogP) is 3.74. The first kappa shape index (κ1) is 14.0. The first-order valence-corrected chi connectivity index (χ1v) is 6.96. The zero-order valence-corrected chi connectivity index (χ0v) is 12.5. The highest BCUT2D eigenvalue weighted by Crippen LogP contribution is 2.24. The van der Waals surface area contributed by atoms with Crippen LogP contribution in [0.1, 0.15) is 36.1 Å². The van der Waals surface area contributed by atoms with Crippen molar-refractivity contribution < 1.29 is 4.79 Å². The lowest BCUT2D eigenvalue weighted by Gasteiger charge is -2.19. The van der Waals surface area contributed by atoms with E-state index in [2.05, 4.69) is 36.3 Å². The molecule has 2 aromatic rings. The zero-order valence-electron chi connectivity index (χ0n) is 10.9. The van der Waals surface area contributed by atoms with Crippen molar-refractivity contribution in [3.8, 4) is 0 Å². The molecule has 0 unspecified atom stereocenters. The molecule has 1 aromatic heterocycles. The zero-order chi connectivity index (χ0) is 14.0. The van der Waals surface area contributed by atoms with Crippen LogP contribution in [0.2, 0.25) is 4.47 Å². The van der Waals surface area contributed by atoms with Crippen molar-refractivity contribution in [2.75, 3.05) is 5.32 Å². The highest BCUT2D eigenvalue weighted by molar-refractivity contribution is 7.17. The second-order valence-corrected chi connectivity index (χ2v) is 6.70. The average Bonchev–Trinajstić information content (AvgIpc) is 2.75. The Hall–Kier alpha value is -1.46. The van der Waals surface area contributed by atoms with Crippen LogP contribution in [0.15, 0.2) is 24.3 Å². The number of carbonyl (C=O) groups excluding carboxylic acids is 1. The van der Waals surface area contributed by atoms with Gasteiger partial charge < -0.3 is 5.32 Å². The Labute approximate surface area is 120 Å². The second-order valence-electron chi connectivity index (χ2n) is 5.14. The van der Waals surface area contributed by atoms with Gasteiger partial charge in [-0.3, -0.25) is 4.79 Å². The maximum atomic E-state index is 11.8. The van der Waals surface area contributed by atoms with Crippen LogP contribution in [-0.4, -0.2) is 16.1 Å². The van der Waals surface area contributed by atoms with Gasteiger partial charge in [0.05, 0.1) is 0 Å². The first-order chi connectivity index (χ1) is 8.86. The Balaban J connectivity index is 2.10. The van der Waals surface area contributed by atoms with Crippen LogP contribution in [0.4, 0.5) is 5.69 Å². The molecule has 0 aliphatic rings. The summed E-state index contributed by atoms with van der Waals surface area (Å²) in [5.41, 5.74) is 2.03. The molecule has 1 N–H and O–H groups in total. The van der Waals surface area contributed by atoms with Gasteiger partial charge in [-0.2, -0.15) is 0 Å². The van der Waals surface area contributed by atoms with Crippen molar-refractivity contribution in [1.82, 2.24) is 10.2 Å². The number of aromatic nitrogens is 2. The SMILES string of the molecule is CC(C)(C)c1ccc(NC(=O)c2nnc(Cl)s2)cc1. The van der Waals surface area contributed by atoms with Crippen molar-refractivity contribution in [3.05, 3.63) is 39.3 Å². The molecule has 0 fully saturated rings. The van der Waals surface area contributed by atoms with E-state index in [1.54, 1.807) is 0 Å². The van der Waals surface area contributed by atoms with E-state index in [0.717, 1.165) is 17.0 Å². The van der Waals surface area contributed by atoms with Gasteiger partial charge in [0.15, 0.2) is 0 Å². The van der Waals surface area contributed by atoms with Gasteiger partial charge in [-0.05, 0) is 34.7 Å². The molecule has 1 heterocycles. The third-order valence-corrected chi connectivity index (χ3v) is 3.62. The summed E-state index contributed by atoms with van der Waals surface area (Å²) in [5, 5.41) is 10.3. The summed E-state index contributed by atoms with van der Waals surface area (Å²) in [5.74, 6) is -0.298. The average molecular weight is 296 g/mol. The van der Waals surface area contributed by atoms with Gasteiger partial charge >= 0.3 is 0 Å². The summed E-state index contributed by atoms with van der Waals surface area (Å²) in [7, 11) is 0. The summed E-state index contributed by atoms with van der Waals surface area (Å²) < 4.78 is 0.258. The fourth-order valence-electron chi connectivity index (χ4n) is 1.54. The molecule has 100 valence electrons. The van der Waals surface area contributed by atoms with E-state index in [0.29, 0.717) is 0 Å². The van der Waals surface area contributed by atoms with E-state index in [1.807, 2.05) is 24.3 Å². The minimum Gasteiger partial charge on any atom is -0.320 e. The molecule has 0 spiro atoms. The highest BCUT2D eigenvalue weighted by Gasteiger charge is 2.15. The van der Waals surface area contributed by atoms with Crippen molar-refractivity contribution >= 4 is 34.5 Å². The summed E-state index contributed by atoms with van der Waals surface area (Å²) in [4.78, 5) is 11.8. The number of amides is 1.